The van der Waals surface area contributed by atoms with Crippen LogP contribution in [0.25, 0.3) is 0 Å². The number of rotatable bonds is 2. The summed E-state index contributed by atoms with van der Waals surface area (Å²) in [6.45, 7) is 4.06. The zero-order valence-electron chi connectivity index (χ0n) is 9.51. The van der Waals surface area contributed by atoms with Gasteiger partial charge >= 0.3 is 0 Å². The zero-order chi connectivity index (χ0) is 11.5. The molecule has 82 valence electrons. The Morgan fingerprint density at radius 2 is 2.06 bits per heavy atom. The fraction of sp³-hybridized carbons (Fsp3) is 0.231. The van der Waals surface area contributed by atoms with Crippen LogP contribution in [0.5, 0.6) is 0 Å². The largest absolute Gasteiger partial charge is 0.319 e. The minimum Gasteiger partial charge on any atom is -0.319 e. The highest BCUT2D eigenvalue weighted by atomic mass is 14.8. The Labute approximate surface area is 95.4 Å². The van der Waals surface area contributed by atoms with Crippen LogP contribution in [0.3, 0.4) is 0 Å². The molecule has 2 heterocycles. The Hall–Kier alpha value is -1.74. The van der Waals surface area contributed by atoms with Crippen molar-refractivity contribution in [2.45, 2.75) is 19.9 Å². The second-order valence-corrected chi connectivity index (χ2v) is 3.98. The molecule has 0 fully saturated rings. The fourth-order valence-electron chi connectivity index (χ4n) is 1.77. The molecule has 2 aromatic heterocycles. The molecule has 2 aromatic rings. The molecule has 0 aromatic carbocycles. The number of hydrogen-bond acceptors (Lipinski definition) is 3. The summed E-state index contributed by atoms with van der Waals surface area (Å²) in [5.41, 5.74) is 10.3. The maximum atomic E-state index is 6.16. The summed E-state index contributed by atoms with van der Waals surface area (Å²) in [4.78, 5) is 8.47. The highest BCUT2D eigenvalue weighted by Gasteiger charge is 2.12. The Morgan fingerprint density at radius 3 is 2.69 bits per heavy atom. The van der Waals surface area contributed by atoms with Gasteiger partial charge in [0, 0.05) is 18.6 Å². The Balaban J connectivity index is 2.38. The van der Waals surface area contributed by atoms with Gasteiger partial charge in [0.15, 0.2) is 0 Å². The van der Waals surface area contributed by atoms with Crippen LogP contribution in [0.4, 0.5) is 0 Å². The molecule has 3 heteroatoms. The van der Waals surface area contributed by atoms with Crippen molar-refractivity contribution in [1.82, 2.24) is 9.97 Å². The molecule has 0 bridgehead atoms. The Kier molecular flexibility index (Phi) is 2.97. The average Bonchev–Trinajstić information content (AvgIpc) is 2.29. The van der Waals surface area contributed by atoms with E-state index in [9.17, 15) is 0 Å². The van der Waals surface area contributed by atoms with Crippen molar-refractivity contribution in [3.63, 3.8) is 0 Å². The minimum atomic E-state index is -0.200. The average molecular weight is 213 g/mol. The summed E-state index contributed by atoms with van der Waals surface area (Å²) < 4.78 is 0. The SMILES string of the molecule is Cc1cnc(C(N)c2cccnc2)c(C)c1. The molecule has 2 N–H and O–H groups in total. The van der Waals surface area contributed by atoms with Gasteiger partial charge in [0.25, 0.3) is 0 Å². The van der Waals surface area contributed by atoms with Crippen molar-refractivity contribution in [3.05, 3.63) is 59.2 Å². The van der Waals surface area contributed by atoms with E-state index in [1.54, 1.807) is 12.4 Å². The number of nitrogens with two attached hydrogens (primary N) is 1. The molecule has 0 saturated carbocycles. The highest BCUT2D eigenvalue weighted by molar-refractivity contribution is 5.31. The van der Waals surface area contributed by atoms with Gasteiger partial charge in [-0.05, 0) is 36.6 Å². The van der Waals surface area contributed by atoms with Gasteiger partial charge in [-0.1, -0.05) is 12.1 Å². The van der Waals surface area contributed by atoms with Crippen LogP contribution >= 0.6 is 0 Å². The van der Waals surface area contributed by atoms with E-state index in [0.717, 1.165) is 22.4 Å². The van der Waals surface area contributed by atoms with Crippen LogP contribution in [-0.4, -0.2) is 9.97 Å². The molecule has 0 radical (unpaired) electrons. The van der Waals surface area contributed by atoms with Crippen molar-refractivity contribution in [3.8, 4) is 0 Å². The summed E-state index contributed by atoms with van der Waals surface area (Å²) in [6, 6.07) is 5.75. The van der Waals surface area contributed by atoms with E-state index in [2.05, 4.69) is 16.0 Å². The van der Waals surface area contributed by atoms with Crippen molar-refractivity contribution in [2.75, 3.05) is 0 Å². The van der Waals surface area contributed by atoms with Gasteiger partial charge in [-0.15, -0.1) is 0 Å². The quantitative estimate of drug-likeness (QED) is 0.831. The topological polar surface area (TPSA) is 51.8 Å². The first-order valence-electron chi connectivity index (χ1n) is 5.27. The Morgan fingerprint density at radius 1 is 1.25 bits per heavy atom. The van der Waals surface area contributed by atoms with Crippen molar-refractivity contribution in [1.29, 1.82) is 0 Å². The third kappa shape index (κ3) is 2.09. The Bertz CT molecular complexity index is 480. The third-order valence-corrected chi connectivity index (χ3v) is 2.59. The predicted molar refractivity (Wildman–Crippen MR) is 64.0 cm³/mol. The lowest BCUT2D eigenvalue weighted by molar-refractivity contribution is 0.810. The smallest absolute Gasteiger partial charge is 0.0744 e. The molecule has 3 nitrogen and oxygen atoms in total. The van der Waals surface area contributed by atoms with E-state index in [4.69, 9.17) is 5.73 Å². The third-order valence-electron chi connectivity index (χ3n) is 2.59. The molecule has 16 heavy (non-hydrogen) atoms. The molecule has 0 aliphatic heterocycles. The summed E-state index contributed by atoms with van der Waals surface area (Å²) in [5, 5.41) is 0. The van der Waals surface area contributed by atoms with Crippen molar-refractivity contribution in [2.24, 2.45) is 5.73 Å². The molecule has 1 atom stereocenters. The fourth-order valence-corrected chi connectivity index (χ4v) is 1.77. The normalized spacial score (nSPS) is 12.4. The number of nitrogens with zero attached hydrogens (tertiary/aromatic N) is 2. The first-order valence-corrected chi connectivity index (χ1v) is 5.27. The van der Waals surface area contributed by atoms with Gasteiger partial charge < -0.3 is 5.73 Å². The number of aromatic nitrogens is 2. The monoisotopic (exact) mass is 213 g/mol. The molecule has 1 unspecified atom stereocenters. The van der Waals surface area contributed by atoms with Gasteiger partial charge in [0.05, 0.1) is 11.7 Å². The van der Waals surface area contributed by atoms with E-state index < -0.39 is 0 Å². The summed E-state index contributed by atoms with van der Waals surface area (Å²) in [7, 11) is 0. The maximum Gasteiger partial charge on any atom is 0.0744 e. The molecular formula is C13H15N3. The highest BCUT2D eigenvalue weighted by Crippen LogP contribution is 2.20. The summed E-state index contributed by atoms with van der Waals surface area (Å²) >= 11 is 0. The predicted octanol–water partition coefficient (Wildman–Crippen LogP) is 2.14. The van der Waals surface area contributed by atoms with Gasteiger partial charge in [-0.25, -0.2) is 0 Å². The van der Waals surface area contributed by atoms with E-state index in [1.165, 1.54) is 0 Å². The first-order chi connectivity index (χ1) is 7.68. The van der Waals surface area contributed by atoms with Gasteiger partial charge in [0.1, 0.15) is 0 Å². The maximum absolute atomic E-state index is 6.16. The summed E-state index contributed by atoms with van der Waals surface area (Å²) in [6.07, 6.45) is 5.37. The minimum absolute atomic E-state index is 0.200. The van der Waals surface area contributed by atoms with Crippen LogP contribution in [0.15, 0.2) is 36.8 Å². The second-order valence-electron chi connectivity index (χ2n) is 3.98. The van der Waals surface area contributed by atoms with Crippen LogP contribution in [0.2, 0.25) is 0 Å². The molecule has 0 aliphatic rings. The first kappa shape index (κ1) is 10.8. The van der Waals surface area contributed by atoms with E-state index >= 15 is 0 Å². The lowest BCUT2D eigenvalue weighted by Gasteiger charge is -2.13. The van der Waals surface area contributed by atoms with E-state index in [1.807, 2.05) is 32.2 Å². The van der Waals surface area contributed by atoms with Crippen LogP contribution in [0.1, 0.15) is 28.4 Å². The number of pyridine rings is 2. The van der Waals surface area contributed by atoms with E-state index in [-0.39, 0.29) is 6.04 Å². The van der Waals surface area contributed by atoms with Gasteiger partial charge in [-0.2, -0.15) is 0 Å². The second kappa shape index (κ2) is 4.41. The standard InChI is InChI=1S/C13H15N3/c1-9-6-10(2)13(16-7-9)12(14)11-4-3-5-15-8-11/h3-8,12H,14H2,1-2H3. The zero-order valence-corrected chi connectivity index (χ0v) is 9.51. The number of hydrogen-bond donors (Lipinski definition) is 1. The number of aryl methyl sites for hydroxylation is 2. The molecule has 2 rings (SSSR count). The lowest BCUT2D eigenvalue weighted by Crippen LogP contribution is -2.15. The lowest BCUT2D eigenvalue weighted by atomic mass is 10.0. The van der Waals surface area contributed by atoms with Crippen LogP contribution in [0, 0.1) is 13.8 Å². The van der Waals surface area contributed by atoms with Crippen molar-refractivity contribution >= 4 is 0 Å². The van der Waals surface area contributed by atoms with Crippen molar-refractivity contribution < 1.29 is 0 Å². The van der Waals surface area contributed by atoms with Gasteiger partial charge in [0.2, 0.25) is 0 Å². The summed E-state index contributed by atoms with van der Waals surface area (Å²) in [5.74, 6) is 0. The van der Waals surface area contributed by atoms with Crippen LogP contribution < -0.4 is 5.73 Å². The van der Waals surface area contributed by atoms with Gasteiger partial charge in [-0.3, -0.25) is 9.97 Å². The molecular weight excluding hydrogens is 198 g/mol. The molecule has 0 amide bonds. The molecule has 0 spiro atoms. The molecule has 0 saturated heterocycles. The van der Waals surface area contributed by atoms with E-state index in [0.29, 0.717) is 0 Å². The molecule has 0 aliphatic carbocycles. The van der Waals surface area contributed by atoms with Crippen LogP contribution in [-0.2, 0) is 0 Å².